The molecule has 11 rings (SSSR count). The van der Waals surface area contributed by atoms with Gasteiger partial charge < -0.3 is 94.9 Å². The number of aliphatic hydroxyl groups is 8. The number of aromatic hydroxyl groups is 3. The Labute approximate surface area is 417 Å². The molecule has 2 aromatic heterocycles. The van der Waals surface area contributed by atoms with Crippen LogP contribution >= 0.6 is 0 Å². The van der Waals surface area contributed by atoms with E-state index in [1.54, 1.807) is 24.5 Å². The Morgan fingerprint density at radius 1 is 0.959 bits per heavy atom. The van der Waals surface area contributed by atoms with E-state index < -0.39 is 119 Å². The highest BCUT2D eigenvalue weighted by molar-refractivity contribution is 5.90. The van der Waals surface area contributed by atoms with E-state index >= 15 is 0 Å². The third-order valence-corrected chi connectivity index (χ3v) is 15.0. The molecule has 74 heavy (non-hydrogen) atoms. The highest BCUT2D eigenvalue weighted by atomic mass is 16.8. The predicted molar refractivity (Wildman–Crippen MR) is 249 cm³/mol. The number of piperidine rings is 1. The number of carbonyl (C=O) groups excluding carboxylic acids is 1. The van der Waals surface area contributed by atoms with Crippen molar-refractivity contribution in [2.75, 3.05) is 6.61 Å². The van der Waals surface area contributed by atoms with Crippen molar-refractivity contribution < 1.29 is 94.2 Å². The minimum absolute atomic E-state index is 0.0585. The summed E-state index contributed by atoms with van der Waals surface area (Å²) in [6, 6.07) is 8.04. The molecule has 2 aromatic carbocycles. The topological polar surface area (TPSA) is 384 Å². The molecule has 1 aliphatic carbocycles. The number of carboxylic acid groups (broad SMARTS) is 1. The summed E-state index contributed by atoms with van der Waals surface area (Å²) in [5.41, 5.74) is -6.07. The predicted octanol–water partition coefficient (Wildman–Crippen LogP) is -1.16. The molecule has 8 heterocycles. The number of phenolic OH excluding ortho intramolecular Hbond substituents is 3. The quantitative estimate of drug-likeness (QED) is 0.0341. The third-order valence-electron chi connectivity index (χ3n) is 15.0. The maximum atomic E-state index is 14.8. The molecule has 0 radical (unpaired) electrons. The Bertz CT molecular complexity index is 3260. The van der Waals surface area contributed by atoms with E-state index in [0.717, 1.165) is 24.1 Å². The lowest BCUT2D eigenvalue weighted by molar-refractivity contribution is -0.394. The van der Waals surface area contributed by atoms with Gasteiger partial charge in [0.15, 0.2) is 23.0 Å². The van der Waals surface area contributed by atoms with Gasteiger partial charge in [0, 0.05) is 77.5 Å². The minimum Gasteiger partial charge on any atom is -0.507 e. The zero-order valence-electron chi connectivity index (χ0n) is 38.6. The van der Waals surface area contributed by atoms with Crippen LogP contribution in [0.25, 0.3) is 22.3 Å². The number of hydrogen-bond donors (Lipinski definition) is 15. The summed E-state index contributed by atoms with van der Waals surface area (Å²) in [6.07, 6.45) is -5.01. The first-order valence-corrected chi connectivity index (χ1v) is 23.5. The molecule has 4 aromatic rings. The van der Waals surface area contributed by atoms with Crippen molar-refractivity contribution in [1.29, 1.82) is 0 Å². The Balaban J connectivity index is 1.15. The number of H-pyrrole nitrogens is 1. The first-order chi connectivity index (χ1) is 35.2. The van der Waals surface area contributed by atoms with E-state index in [4.69, 9.17) is 23.4 Å². The van der Waals surface area contributed by atoms with Gasteiger partial charge in [-0.05, 0) is 66.5 Å². The summed E-state index contributed by atoms with van der Waals surface area (Å²) in [5.74, 6) is -10.1. The van der Waals surface area contributed by atoms with Crippen LogP contribution in [0.1, 0.15) is 42.0 Å². The van der Waals surface area contributed by atoms with Crippen LogP contribution in [0.4, 0.5) is 0 Å². The maximum absolute atomic E-state index is 14.8. The van der Waals surface area contributed by atoms with Gasteiger partial charge in [-0.15, -0.1) is 0 Å². The number of allylic oxidation sites excluding steroid dienone is 4. The summed E-state index contributed by atoms with van der Waals surface area (Å²) in [7, 11) is 0. The zero-order valence-corrected chi connectivity index (χ0v) is 38.6. The Morgan fingerprint density at radius 2 is 1.76 bits per heavy atom. The largest absolute Gasteiger partial charge is 0.507 e. The number of benzene rings is 2. The molecule has 4 bridgehead atoms. The van der Waals surface area contributed by atoms with Gasteiger partial charge in [0.2, 0.25) is 17.7 Å². The molecule has 13 atom stereocenters. The summed E-state index contributed by atoms with van der Waals surface area (Å²) in [4.78, 5) is 45.1. The number of hydrogen-bond acceptors (Lipinski definition) is 21. The minimum atomic E-state index is -3.87. The molecule has 23 nitrogen and oxygen atoms in total. The molecule has 23 heteroatoms. The molecular formula is C51H49N3O20. The highest BCUT2D eigenvalue weighted by Crippen LogP contribution is 2.54. The van der Waals surface area contributed by atoms with Crippen molar-refractivity contribution in [3.8, 4) is 46.2 Å². The number of fused-ring (bicyclic) bond motifs is 8. The first-order valence-electron chi connectivity index (χ1n) is 23.5. The second-order valence-corrected chi connectivity index (χ2v) is 19.4. The molecule has 0 amide bonds. The van der Waals surface area contributed by atoms with Gasteiger partial charge in [-0.3, -0.25) is 10.1 Å². The molecule has 1 unspecified atom stereocenters. The Hall–Kier alpha value is -7.05. The lowest BCUT2D eigenvalue weighted by Crippen LogP contribution is -2.76. The number of aromatic nitrogens is 1. The fourth-order valence-electron chi connectivity index (χ4n) is 11.2. The van der Waals surface area contributed by atoms with Crippen LogP contribution < -0.4 is 20.8 Å². The number of carboxylic acids is 1. The number of carbonyl (C=O) groups is 2. The van der Waals surface area contributed by atoms with Crippen LogP contribution in [0.5, 0.6) is 23.0 Å². The molecule has 15 N–H and O–H groups in total. The number of aliphatic carboxylic acids is 1. The van der Waals surface area contributed by atoms with E-state index in [1.165, 1.54) is 18.2 Å². The second-order valence-electron chi connectivity index (χ2n) is 19.4. The third kappa shape index (κ3) is 7.28. The first kappa shape index (κ1) is 49.2. The highest BCUT2D eigenvalue weighted by Gasteiger charge is 2.72. The van der Waals surface area contributed by atoms with Crippen LogP contribution in [0.3, 0.4) is 0 Å². The smallest absolute Gasteiger partial charge is 0.354 e. The van der Waals surface area contributed by atoms with Gasteiger partial charge in [0.25, 0.3) is 11.4 Å². The number of aliphatic hydroxyl groups excluding tert-OH is 6. The number of aromatic amines is 1. The lowest BCUT2D eigenvalue weighted by atomic mass is 9.75. The number of phenols is 3. The van der Waals surface area contributed by atoms with Crippen molar-refractivity contribution in [3.05, 3.63) is 117 Å². The van der Waals surface area contributed by atoms with E-state index in [9.17, 15) is 75.7 Å². The normalized spacial score (nSPS) is 34.6. The van der Waals surface area contributed by atoms with Gasteiger partial charge in [-0.25, -0.2) is 9.59 Å². The molecular weight excluding hydrogens is 975 g/mol. The van der Waals surface area contributed by atoms with Crippen molar-refractivity contribution in [2.24, 2.45) is 5.92 Å². The summed E-state index contributed by atoms with van der Waals surface area (Å²) >= 11 is 0. The van der Waals surface area contributed by atoms with E-state index in [0.29, 0.717) is 17.7 Å². The van der Waals surface area contributed by atoms with E-state index in [1.807, 2.05) is 12.0 Å². The van der Waals surface area contributed by atoms with Crippen LogP contribution in [0, 0.1) is 17.8 Å². The number of dihydropyridines is 1. The van der Waals surface area contributed by atoms with E-state index in [-0.39, 0.29) is 70.0 Å². The fourth-order valence-corrected chi connectivity index (χ4v) is 11.2. The molecule has 3 fully saturated rings. The average Bonchev–Trinajstić information content (AvgIpc) is 3.86. The summed E-state index contributed by atoms with van der Waals surface area (Å²) < 4.78 is 30.5. The van der Waals surface area contributed by atoms with Crippen molar-refractivity contribution >= 4 is 22.9 Å². The van der Waals surface area contributed by atoms with Crippen molar-refractivity contribution in [2.45, 2.75) is 110 Å². The van der Waals surface area contributed by atoms with Crippen LogP contribution in [0.15, 0.2) is 99.0 Å². The van der Waals surface area contributed by atoms with Crippen LogP contribution in [-0.4, -0.2) is 157 Å². The molecule has 3 saturated heterocycles. The second kappa shape index (κ2) is 17.5. The van der Waals surface area contributed by atoms with Gasteiger partial charge >= 0.3 is 11.9 Å². The van der Waals surface area contributed by atoms with Crippen LogP contribution in [-0.2, 0) is 36.6 Å². The maximum Gasteiger partial charge on any atom is 0.354 e. The lowest BCUT2D eigenvalue weighted by Gasteiger charge is -2.53. The van der Waals surface area contributed by atoms with Crippen molar-refractivity contribution in [1.82, 2.24) is 15.6 Å². The SMILES string of the molecule is O=C1O[C@H]2O[C@@](C(=O)O)(C#CC[C@@]13O[C@]1(Oc4cc5oc(-c6cc(O)c(O)c(CCO)c6)cc(=O)c5c(O)c4[C@@H](C4=CNC5N[C@@H]6C=CC[C@@H](C6)C5=C4)C=C1Cc1ccc[nH]1)[C@H](O)[C@@H](O)[C@@H]3O)C(O)(O)[C@H](O)[C@H]2O. The number of esters is 1. The van der Waals surface area contributed by atoms with Gasteiger partial charge in [0.1, 0.15) is 52.6 Å². The Kier molecular flexibility index (Phi) is 11.7. The average molecular weight is 1020 g/mol. The summed E-state index contributed by atoms with van der Waals surface area (Å²) in [6.45, 7) is -0.421. The molecule has 2 spiro atoms. The van der Waals surface area contributed by atoms with Gasteiger partial charge in [-0.1, -0.05) is 30.2 Å². The molecule has 388 valence electrons. The van der Waals surface area contributed by atoms with Crippen LogP contribution in [0.2, 0.25) is 0 Å². The number of rotatable bonds is 7. The number of ether oxygens (including phenoxy) is 4. The Morgan fingerprint density at radius 3 is 2.50 bits per heavy atom. The number of nitrogens with one attached hydrogen (secondary N) is 3. The zero-order chi connectivity index (χ0) is 52.4. The van der Waals surface area contributed by atoms with Gasteiger partial charge in [-0.2, -0.15) is 0 Å². The van der Waals surface area contributed by atoms with E-state index in [2.05, 4.69) is 33.7 Å². The van der Waals surface area contributed by atoms with Gasteiger partial charge in [0.05, 0.1) is 12.6 Å². The van der Waals surface area contributed by atoms with Crippen molar-refractivity contribution in [3.63, 3.8) is 0 Å². The monoisotopic (exact) mass is 1020 g/mol. The summed E-state index contributed by atoms with van der Waals surface area (Å²) in [5, 5.41) is 141. The molecule has 6 aliphatic heterocycles. The fraction of sp³-hybridized carbons (Fsp3) is 0.392. The standard InChI is InChI=1S/C51H49N3O20/c55-11-7-22-12-23(15-31(57)37(22)58)32-18-30(56)36-33(70-32)19-34-35(38(36)59)28(24-14-29-21-4-1-5-27(13-21)54-44(29)53-20-24)17-25(16-26-6-2-10-52-26)50(72-34)42(63)39(60)41(62)48(74-50)8-3-9-49(46(65)66)51(68,69)43(64)40(61)45(73-49)71-47(48)67/h1-2,5-6,10,12,14-15,17-21,27-28,39-45,52-55,57-64,68-69H,4,7-8,11,13,16H2,(H,65,66)/t21-,27+,28+,39-,40+,41-,42+,43+,44?,45-,48-,49+,50-/m0/s1. The molecule has 0 saturated carbocycles. The molecule has 7 aliphatic rings.